The monoisotopic (exact) mass is 265 g/mol. The summed E-state index contributed by atoms with van der Waals surface area (Å²) in [7, 11) is 0. The molecule has 1 saturated heterocycles. The highest BCUT2D eigenvalue weighted by molar-refractivity contribution is 5.92. The lowest BCUT2D eigenvalue weighted by atomic mass is 9.77. The number of nitrogens with one attached hydrogen (secondary N) is 2. The Balaban J connectivity index is 1.91. The van der Waals surface area contributed by atoms with Crippen molar-refractivity contribution in [1.29, 1.82) is 0 Å². The fraction of sp³-hybridized carbons (Fsp3) is 0.571. The minimum atomic E-state index is -0.438. The predicted octanol–water partition coefficient (Wildman–Crippen LogP) is 1.73. The average molecular weight is 265 g/mol. The van der Waals surface area contributed by atoms with E-state index in [2.05, 4.69) is 29.5 Å². The summed E-state index contributed by atoms with van der Waals surface area (Å²) in [5.74, 6) is -0.699. The lowest BCUT2D eigenvalue weighted by molar-refractivity contribution is 0.0924. The van der Waals surface area contributed by atoms with Gasteiger partial charge >= 0.3 is 0 Å². The lowest BCUT2D eigenvalue weighted by Gasteiger charge is -2.39. The molecule has 104 valence electrons. The van der Waals surface area contributed by atoms with Gasteiger partial charge in [0.25, 0.3) is 5.91 Å². The topological polar surface area (TPSA) is 54.0 Å². The molecule has 0 bridgehead atoms. The molecule has 19 heavy (non-hydrogen) atoms. The quantitative estimate of drug-likeness (QED) is 0.875. The Morgan fingerprint density at radius 2 is 2.37 bits per heavy atom. The first-order valence-corrected chi connectivity index (χ1v) is 6.62. The Labute approximate surface area is 112 Å². The van der Waals surface area contributed by atoms with Crippen molar-refractivity contribution in [2.45, 2.75) is 32.7 Å². The summed E-state index contributed by atoms with van der Waals surface area (Å²) < 4.78 is 12.7. The number of amides is 1. The summed E-state index contributed by atoms with van der Waals surface area (Å²) in [4.78, 5) is 15.7. The second kappa shape index (κ2) is 5.65. The zero-order chi connectivity index (χ0) is 13.9. The van der Waals surface area contributed by atoms with E-state index in [4.69, 9.17) is 0 Å². The van der Waals surface area contributed by atoms with Crippen LogP contribution < -0.4 is 10.6 Å². The van der Waals surface area contributed by atoms with E-state index in [9.17, 15) is 9.18 Å². The molecule has 1 unspecified atom stereocenters. The van der Waals surface area contributed by atoms with Gasteiger partial charge < -0.3 is 10.6 Å². The number of hydrogen-bond acceptors (Lipinski definition) is 3. The van der Waals surface area contributed by atoms with E-state index in [1.807, 2.05) is 0 Å². The van der Waals surface area contributed by atoms with Crippen LogP contribution >= 0.6 is 0 Å². The van der Waals surface area contributed by atoms with Gasteiger partial charge in [0.15, 0.2) is 0 Å². The van der Waals surface area contributed by atoms with Gasteiger partial charge in [0.1, 0.15) is 11.5 Å². The van der Waals surface area contributed by atoms with Gasteiger partial charge in [0.05, 0.1) is 6.20 Å². The normalized spacial score (nSPS) is 21.9. The minimum Gasteiger partial charge on any atom is -0.349 e. The fourth-order valence-corrected chi connectivity index (χ4v) is 2.41. The molecule has 0 saturated carbocycles. The molecule has 0 radical (unpaired) electrons. The Hall–Kier alpha value is -1.49. The standard InChI is InChI=1S/C14H20FN3O/c1-14(2)6-3-7-16-12(14)9-18-13(19)11-5-4-10(15)8-17-11/h4-5,8,12,16H,3,6-7,9H2,1-2H3,(H,18,19). The largest absolute Gasteiger partial charge is 0.349 e. The summed E-state index contributed by atoms with van der Waals surface area (Å²) >= 11 is 0. The first-order chi connectivity index (χ1) is 8.99. The predicted molar refractivity (Wildman–Crippen MR) is 71.3 cm³/mol. The molecule has 2 rings (SSSR count). The molecule has 1 aromatic heterocycles. The van der Waals surface area contributed by atoms with Gasteiger partial charge in [-0.2, -0.15) is 0 Å². The Kier molecular flexibility index (Phi) is 4.14. The van der Waals surface area contributed by atoms with E-state index >= 15 is 0 Å². The Morgan fingerprint density at radius 3 is 3.00 bits per heavy atom. The average Bonchev–Trinajstić information content (AvgIpc) is 2.37. The van der Waals surface area contributed by atoms with Crippen molar-refractivity contribution in [3.63, 3.8) is 0 Å². The van der Waals surface area contributed by atoms with Crippen LogP contribution in [0.2, 0.25) is 0 Å². The van der Waals surface area contributed by atoms with Crippen LogP contribution in [0.1, 0.15) is 37.2 Å². The number of nitrogens with zero attached hydrogens (tertiary/aromatic N) is 1. The van der Waals surface area contributed by atoms with Crippen molar-refractivity contribution in [2.75, 3.05) is 13.1 Å². The van der Waals surface area contributed by atoms with E-state index in [0.717, 1.165) is 25.6 Å². The van der Waals surface area contributed by atoms with E-state index in [1.165, 1.54) is 12.1 Å². The van der Waals surface area contributed by atoms with E-state index < -0.39 is 5.82 Å². The van der Waals surface area contributed by atoms with Crippen molar-refractivity contribution < 1.29 is 9.18 Å². The first-order valence-electron chi connectivity index (χ1n) is 6.62. The number of carbonyl (C=O) groups is 1. The van der Waals surface area contributed by atoms with Crippen molar-refractivity contribution in [3.8, 4) is 0 Å². The summed E-state index contributed by atoms with van der Waals surface area (Å²) in [5, 5.41) is 6.29. The maximum absolute atomic E-state index is 12.7. The second-order valence-electron chi connectivity index (χ2n) is 5.67. The van der Waals surface area contributed by atoms with Crippen molar-refractivity contribution in [1.82, 2.24) is 15.6 Å². The molecular weight excluding hydrogens is 245 g/mol. The van der Waals surface area contributed by atoms with E-state index in [0.29, 0.717) is 6.54 Å². The summed E-state index contributed by atoms with van der Waals surface area (Å²) in [6, 6.07) is 2.89. The molecule has 1 amide bonds. The van der Waals surface area contributed by atoms with Crippen LogP contribution in [0.4, 0.5) is 4.39 Å². The smallest absolute Gasteiger partial charge is 0.269 e. The molecule has 0 spiro atoms. The molecule has 4 nitrogen and oxygen atoms in total. The number of piperidine rings is 1. The number of halogens is 1. The van der Waals surface area contributed by atoms with Crippen molar-refractivity contribution in [2.24, 2.45) is 5.41 Å². The van der Waals surface area contributed by atoms with Crippen LogP contribution in [0.5, 0.6) is 0 Å². The van der Waals surface area contributed by atoms with E-state index in [-0.39, 0.29) is 23.1 Å². The van der Waals surface area contributed by atoms with Gasteiger partial charge in [-0.15, -0.1) is 0 Å². The van der Waals surface area contributed by atoms with Crippen molar-refractivity contribution in [3.05, 3.63) is 29.8 Å². The minimum absolute atomic E-state index is 0.168. The number of rotatable bonds is 3. The van der Waals surface area contributed by atoms with Crippen LogP contribution in [-0.4, -0.2) is 30.0 Å². The second-order valence-corrected chi connectivity index (χ2v) is 5.67. The highest BCUT2D eigenvalue weighted by Gasteiger charge is 2.32. The molecule has 1 aromatic rings. The number of pyridine rings is 1. The Morgan fingerprint density at radius 1 is 1.58 bits per heavy atom. The van der Waals surface area contributed by atoms with Crippen LogP contribution in [-0.2, 0) is 0 Å². The van der Waals surface area contributed by atoms with Crippen LogP contribution in [0.15, 0.2) is 18.3 Å². The first kappa shape index (κ1) is 13.9. The van der Waals surface area contributed by atoms with Crippen LogP contribution in [0.25, 0.3) is 0 Å². The molecule has 1 fully saturated rings. The van der Waals surface area contributed by atoms with Gasteiger partial charge in [0.2, 0.25) is 0 Å². The zero-order valence-electron chi connectivity index (χ0n) is 11.4. The van der Waals surface area contributed by atoms with Gasteiger partial charge in [-0.1, -0.05) is 13.8 Å². The highest BCUT2D eigenvalue weighted by Crippen LogP contribution is 2.29. The van der Waals surface area contributed by atoms with Gasteiger partial charge in [-0.25, -0.2) is 9.37 Å². The van der Waals surface area contributed by atoms with Gasteiger partial charge in [0, 0.05) is 12.6 Å². The third kappa shape index (κ3) is 3.50. The van der Waals surface area contributed by atoms with Crippen LogP contribution in [0.3, 0.4) is 0 Å². The molecule has 1 aliphatic heterocycles. The SMILES string of the molecule is CC1(C)CCCNC1CNC(=O)c1ccc(F)cn1. The summed E-state index contributed by atoms with van der Waals surface area (Å²) in [6.45, 7) is 5.95. The van der Waals surface area contributed by atoms with Gasteiger partial charge in [-0.05, 0) is 36.9 Å². The molecule has 0 aliphatic carbocycles. The molecule has 2 N–H and O–H groups in total. The summed E-state index contributed by atoms with van der Waals surface area (Å²) in [6.07, 6.45) is 3.37. The highest BCUT2D eigenvalue weighted by atomic mass is 19.1. The zero-order valence-corrected chi connectivity index (χ0v) is 11.4. The van der Waals surface area contributed by atoms with Gasteiger partial charge in [-0.3, -0.25) is 4.79 Å². The third-order valence-electron chi connectivity index (χ3n) is 3.76. The van der Waals surface area contributed by atoms with Crippen LogP contribution in [0, 0.1) is 11.2 Å². The molecule has 1 atom stereocenters. The summed E-state index contributed by atoms with van der Waals surface area (Å²) in [5.41, 5.74) is 0.414. The molecule has 1 aliphatic rings. The molecule has 5 heteroatoms. The number of aromatic nitrogens is 1. The van der Waals surface area contributed by atoms with Crippen molar-refractivity contribution >= 4 is 5.91 Å². The molecule has 2 heterocycles. The molecular formula is C14H20FN3O. The third-order valence-corrected chi connectivity index (χ3v) is 3.76. The fourth-order valence-electron chi connectivity index (χ4n) is 2.41. The Bertz CT molecular complexity index is 445. The number of hydrogen-bond donors (Lipinski definition) is 2. The number of carbonyl (C=O) groups excluding carboxylic acids is 1. The maximum Gasteiger partial charge on any atom is 0.269 e. The molecule has 0 aromatic carbocycles. The maximum atomic E-state index is 12.7. The van der Waals surface area contributed by atoms with E-state index in [1.54, 1.807) is 0 Å². The lowest BCUT2D eigenvalue weighted by Crippen LogP contribution is -2.52.